The second-order valence-electron chi connectivity index (χ2n) is 3.02. The third kappa shape index (κ3) is 1.71. The Morgan fingerprint density at radius 1 is 1.21 bits per heavy atom. The van der Waals surface area contributed by atoms with Gasteiger partial charge in [-0.2, -0.15) is 0 Å². The lowest BCUT2D eigenvalue weighted by molar-refractivity contribution is 1.16. The van der Waals surface area contributed by atoms with Crippen LogP contribution in [0.15, 0.2) is 18.3 Å². The molecule has 0 aromatic carbocycles. The van der Waals surface area contributed by atoms with Crippen molar-refractivity contribution in [2.45, 2.75) is 27.7 Å². The molecule has 0 saturated carbocycles. The molecule has 0 amide bonds. The number of fused-ring (bicyclic) bond motifs is 1. The number of nitrogens with zero attached hydrogens (tertiary/aromatic N) is 2. The maximum Gasteiger partial charge on any atom is 0.138 e. The maximum atomic E-state index is 5.81. The molecular weight excluding hydrogens is 174 g/mol. The highest BCUT2D eigenvalue weighted by atomic mass is 15.1. The SMILES string of the molecule is CC.Cc1ccc2nc(C)c(N)n2c1. The molecule has 0 aliphatic carbocycles. The molecule has 0 fully saturated rings. The molecule has 2 N–H and O–H groups in total. The second kappa shape index (κ2) is 4.13. The van der Waals surface area contributed by atoms with Gasteiger partial charge in [0.25, 0.3) is 0 Å². The zero-order chi connectivity index (χ0) is 10.7. The molecule has 2 aromatic rings. The highest BCUT2D eigenvalue weighted by Gasteiger charge is 2.03. The molecule has 2 rings (SSSR count). The fourth-order valence-electron chi connectivity index (χ4n) is 1.29. The molecule has 0 unspecified atom stereocenters. The number of hydrogen-bond donors (Lipinski definition) is 1. The summed E-state index contributed by atoms with van der Waals surface area (Å²) < 4.78 is 1.91. The van der Waals surface area contributed by atoms with E-state index in [1.54, 1.807) is 0 Å². The van der Waals surface area contributed by atoms with Crippen LogP contribution in [-0.2, 0) is 0 Å². The Balaban J connectivity index is 0.000000461. The van der Waals surface area contributed by atoms with Crippen molar-refractivity contribution in [3.63, 3.8) is 0 Å². The molecule has 14 heavy (non-hydrogen) atoms. The van der Waals surface area contributed by atoms with Crippen molar-refractivity contribution >= 4 is 11.5 Å². The number of hydrogen-bond acceptors (Lipinski definition) is 2. The average Bonchev–Trinajstić information content (AvgIpc) is 2.48. The Kier molecular flexibility index (Phi) is 3.12. The molecule has 0 aliphatic heterocycles. The minimum atomic E-state index is 0.730. The van der Waals surface area contributed by atoms with E-state index >= 15 is 0 Å². The summed E-state index contributed by atoms with van der Waals surface area (Å²) in [5.41, 5.74) is 8.80. The number of nitrogens with two attached hydrogens (primary N) is 1. The van der Waals surface area contributed by atoms with E-state index in [-0.39, 0.29) is 0 Å². The first-order chi connectivity index (χ1) is 6.68. The standard InChI is InChI=1S/C9H11N3.C2H6/c1-6-3-4-8-11-7(2)9(10)12(8)5-6;1-2/h3-5H,10H2,1-2H3;1-2H3. The summed E-state index contributed by atoms with van der Waals surface area (Å²) >= 11 is 0. The van der Waals surface area contributed by atoms with Gasteiger partial charge in [-0.05, 0) is 25.5 Å². The van der Waals surface area contributed by atoms with E-state index in [1.165, 1.54) is 5.56 Å². The van der Waals surface area contributed by atoms with Crippen LogP contribution in [0, 0.1) is 13.8 Å². The van der Waals surface area contributed by atoms with Crippen LogP contribution in [-0.4, -0.2) is 9.38 Å². The van der Waals surface area contributed by atoms with Crippen LogP contribution in [0.5, 0.6) is 0 Å². The molecule has 0 atom stereocenters. The van der Waals surface area contributed by atoms with Crippen molar-refractivity contribution in [1.29, 1.82) is 0 Å². The van der Waals surface area contributed by atoms with Gasteiger partial charge in [-0.15, -0.1) is 0 Å². The Hall–Kier alpha value is -1.51. The van der Waals surface area contributed by atoms with Crippen LogP contribution >= 0.6 is 0 Å². The Labute approximate surface area is 84.6 Å². The number of pyridine rings is 1. The molecule has 2 heterocycles. The fourth-order valence-corrected chi connectivity index (χ4v) is 1.29. The highest BCUT2D eigenvalue weighted by Crippen LogP contribution is 2.14. The largest absolute Gasteiger partial charge is 0.383 e. The van der Waals surface area contributed by atoms with E-state index in [0.717, 1.165) is 17.2 Å². The molecule has 0 spiro atoms. The first-order valence-electron chi connectivity index (χ1n) is 4.89. The molecular formula is C11H17N3. The fraction of sp³-hybridized carbons (Fsp3) is 0.364. The van der Waals surface area contributed by atoms with E-state index < -0.39 is 0 Å². The van der Waals surface area contributed by atoms with Gasteiger partial charge >= 0.3 is 0 Å². The average molecular weight is 191 g/mol. The topological polar surface area (TPSA) is 43.3 Å². The second-order valence-corrected chi connectivity index (χ2v) is 3.02. The van der Waals surface area contributed by atoms with Crippen molar-refractivity contribution in [3.8, 4) is 0 Å². The quantitative estimate of drug-likeness (QED) is 0.695. The van der Waals surface area contributed by atoms with Crippen LogP contribution < -0.4 is 5.73 Å². The maximum absolute atomic E-state index is 5.81. The van der Waals surface area contributed by atoms with Gasteiger partial charge < -0.3 is 5.73 Å². The molecule has 3 heteroatoms. The van der Waals surface area contributed by atoms with Crippen molar-refractivity contribution < 1.29 is 0 Å². The molecule has 0 aliphatic rings. The van der Waals surface area contributed by atoms with Gasteiger partial charge in [-0.1, -0.05) is 19.9 Å². The van der Waals surface area contributed by atoms with Crippen molar-refractivity contribution in [1.82, 2.24) is 9.38 Å². The highest BCUT2D eigenvalue weighted by molar-refractivity contribution is 5.52. The van der Waals surface area contributed by atoms with Crippen LogP contribution in [0.1, 0.15) is 25.1 Å². The smallest absolute Gasteiger partial charge is 0.138 e. The Morgan fingerprint density at radius 3 is 2.50 bits per heavy atom. The summed E-state index contributed by atoms with van der Waals surface area (Å²) in [7, 11) is 0. The summed E-state index contributed by atoms with van der Waals surface area (Å²) in [5.74, 6) is 0.730. The monoisotopic (exact) mass is 191 g/mol. The number of rotatable bonds is 0. The van der Waals surface area contributed by atoms with E-state index in [1.807, 2.05) is 50.4 Å². The number of aromatic nitrogens is 2. The summed E-state index contributed by atoms with van der Waals surface area (Å²) in [6.07, 6.45) is 1.99. The molecule has 0 radical (unpaired) electrons. The van der Waals surface area contributed by atoms with E-state index in [2.05, 4.69) is 4.98 Å². The summed E-state index contributed by atoms with van der Waals surface area (Å²) in [6.45, 7) is 7.95. The van der Waals surface area contributed by atoms with Gasteiger partial charge in [-0.3, -0.25) is 4.40 Å². The number of nitrogen functional groups attached to an aromatic ring is 1. The van der Waals surface area contributed by atoms with Gasteiger partial charge in [0.15, 0.2) is 0 Å². The first-order valence-corrected chi connectivity index (χ1v) is 4.89. The van der Waals surface area contributed by atoms with E-state index in [0.29, 0.717) is 0 Å². The molecule has 2 aromatic heterocycles. The van der Waals surface area contributed by atoms with Crippen LogP contribution in [0.25, 0.3) is 5.65 Å². The zero-order valence-electron chi connectivity index (χ0n) is 9.20. The predicted molar refractivity (Wildman–Crippen MR) is 60.4 cm³/mol. The summed E-state index contributed by atoms with van der Waals surface area (Å²) in [6, 6.07) is 4.00. The molecule has 0 saturated heterocycles. The Bertz CT molecular complexity index is 429. The van der Waals surface area contributed by atoms with Gasteiger partial charge in [0.05, 0.1) is 5.69 Å². The van der Waals surface area contributed by atoms with Crippen molar-refractivity contribution in [2.75, 3.05) is 5.73 Å². The number of aryl methyl sites for hydroxylation is 2. The lowest BCUT2D eigenvalue weighted by atomic mass is 10.3. The number of anilines is 1. The van der Waals surface area contributed by atoms with Gasteiger partial charge in [-0.25, -0.2) is 4.98 Å². The molecule has 3 nitrogen and oxygen atoms in total. The van der Waals surface area contributed by atoms with Gasteiger partial charge in [0.2, 0.25) is 0 Å². The van der Waals surface area contributed by atoms with Gasteiger partial charge in [0, 0.05) is 6.20 Å². The third-order valence-electron chi connectivity index (χ3n) is 1.99. The lowest BCUT2D eigenvalue weighted by Crippen LogP contribution is -1.93. The molecule has 76 valence electrons. The zero-order valence-corrected chi connectivity index (χ0v) is 9.20. The third-order valence-corrected chi connectivity index (χ3v) is 1.99. The normalized spacial score (nSPS) is 9.71. The Morgan fingerprint density at radius 2 is 1.86 bits per heavy atom. The summed E-state index contributed by atoms with van der Waals surface area (Å²) in [5, 5.41) is 0. The van der Waals surface area contributed by atoms with Crippen molar-refractivity contribution in [2.24, 2.45) is 0 Å². The number of imidazole rings is 1. The van der Waals surface area contributed by atoms with Gasteiger partial charge in [0.1, 0.15) is 11.5 Å². The molecule has 0 bridgehead atoms. The summed E-state index contributed by atoms with van der Waals surface area (Å²) in [4.78, 5) is 4.29. The predicted octanol–water partition coefficient (Wildman–Crippen LogP) is 2.56. The lowest BCUT2D eigenvalue weighted by Gasteiger charge is -1.96. The van der Waals surface area contributed by atoms with E-state index in [4.69, 9.17) is 5.73 Å². The van der Waals surface area contributed by atoms with Crippen LogP contribution in [0.4, 0.5) is 5.82 Å². The van der Waals surface area contributed by atoms with E-state index in [9.17, 15) is 0 Å². The minimum Gasteiger partial charge on any atom is -0.383 e. The minimum absolute atomic E-state index is 0.730. The van der Waals surface area contributed by atoms with Crippen molar-refractivity contribution in [3.05, 3.63) is 29.6 Å². The first kappa shape index (κ1) is 10.6. The van der Waals surface area contributed by atoms with Crippen LogP contribution in [0.3, 0.4) is 0 Å². The van der Waals surface area contributed by atoms with Crippen LogP contribution in [0.2, 0.25) is 0 Å².